The van der Waals surface area contributed by atoms with E-state index >= 15 is 0 Å². The molecule has 1 N–H and O–H groups in total. The van der Waals surface area contributed by atoms with Crippen molar-refractivity contribution in [1.82, 2.24) is 5.32 Å². The van der Waals surface area contributed by atoms with E-state index in [9.17, 15) is 4.79 Å². The van der Waals surface area contributed by atoms with Crippen molar-refractivity contribution in [1.29, 1.82) is 0 Å². The monoisotopic (exact) mass is 319 g/mol. The van der Waals surface area contributed by atoms with Gasteiger partial charge in [-0.05, 0) is 30.7 Å². The maximum absolute atomic E-state index is 11.7. The minimum atomic E-state index is -0.0603. The second-order valence-corrected chi connectivity index (χ2v) is 4.71. The van der Waals surface area contributed by atoms with Crippen molar-refractivity contribution in [2.45, 2.75) is 6.42 Å². The van der Waals surface area contributed by atoms with Gasteiger partial charge in [0.15, 0.2) is 0 Å². The van der Waals surface area contributed by atoms with Gasteiger partial charge in [0.05, 0.1) is 6.61 Å². The number of hydrogen-bond acceptors (Lipinski definition) is 2. The van der Waals surface area contributed by atoms with Gasteiger partial charge in [0, 0.05) is 29.1 Å². The van der Waals surface area contributed by atoms with Crippen LogP contribution in [0.2, 0.25) is 0 Å². The molecule has 0 aliphatic rings. The molecule has 1 amide bonds. The average molecular weight is 321 g/mol. The molecule has 0 fully saturated rings. The predicted octanol–water partition coefficient (Wildman–Crippen LogP) is 2.82. The number of hydrogen-bond donors (Lipinski definition) is 1. The Kier molecular flexibility index (Phi) is 7.24. The lowest BCUT2D eigenvalue weighted by Gasteiger charge is -2.05. The zero-order valence-corrected chi connectivity index (χ0v) is 11.8. The molecule has 94 valence electrons. The van der Waals surface area contributed by atoms with Crippen LogP contribution in [0.5, 0.6) is 0 Å². The average Bonchev–Trinajstić information content (AvgIpc) is 2.34. The van der Waals surface area contributed by atoms with E-state index in [2.05, 4.69) is 21.2 Å². The van der Waals surface area contributed by atoms with E-state index in [0.717, 1.165) is 10.9 Å². The predicted molar refractivity (Wildman–Crippen MR) is 72.6 cm³/mol. The van der Waals surface area contributed by atoms with Crippen molar-refractivity contribution in [3.05, 3.63) is 34.3 Å². The van der Waals surface area contributed by atoms with Gasteiger partial charge in [-0.1, -0.05) is 15.9 Å². The van der Waals surface area contributed by atoms with Crippen LogP contribution >= 0.6 is 27.5 Å². The molecule has 0 bridgehead atoms. The van der Waals surface area contributed by atoms with E-state index in [1.807, 2.05) is 12.1 Å². The summed E-state index contributed by atoms with van der Waals surface area (Å²) in [6, 6.07) is 7.25. The number of carbonyl (C=O) groups excluding carboxylic acids is 1. The fourth-order valence-electron chi connectivity index (χ4n) is 1.24. The van der Waals surface area contributed by atoms with Crippen molar-refractivity contribution < 1.29 is 9.53 Å². The van der Waals surface area contributed by atoms with Gasteiger partial charge in [-0.3, -0.25) is 4.79 Å². The largest absolute Gasteiger partial charge is 0.380 e. The van der Waals surface area contributed by atoms with E-state index in [1.54, 1.807) is 12.1 Å². The quantitative estimate of drug-likeness (QED) is 0.620. The Morgan fingerprint density at radius 2 is 2.00 bits per heavy atom. The third-order valence-corrected chi connectivity index (χ3v) is 2.76. The SMILES string of the molecule is O=C(NCCCOCCCl)c1ccc(Br)cc1. The van der Waals surface area contributed by atoms with Crippen LogP contribution in [0.25, 0.3) is 0 Å². The van der Waals surface area contributed by atoms with E-state index in [-0.39, 0.29) is 5.91 Å². The van der Waals surface area contributed by atoms with Crippen LogP contribution in [0, 0.1) is 0 Å². The van der Waals surface area contributed by atoms with Crippen molar-refractivity contribution >= 4 is 33.4 Å². The Hall–Kier alpha value is -0.580. The molecular weight excluding hydrogens is 305 g/mol. The minimum Gasteiger partial charge on any atom is -0.380 e. The van der Waals surface area contributed by atoms with E-state index in [1.165, 1.54) is 0 Å². The number of nitrogens with one attached hydrogen (secondary N) is 1. The third-order valence-electron chi connectivity index (χ3n) is 2.08. The highest BCUT2D eigenvalue weighted by molar-refractivity contribution is 9.10. The smallest absolute Gasteiger partial charge is 0.251 e. The van der Waals surface area contributed by atoms with Crippen molar-refractivity contribution in [3.63, 3.8) is 0 Å². The van der Waals surface area contributed by atoms with E-state index < -0.39 is 0 Å². The molecule has 0 radical (unpaired) electrons. The molecule has 0 aromatic heterocycles. The van der Waals surface area contributed by atoms with Crippen LogP contribution in [0.1, 0.15) is 16.8 Å². The normalized spacial score (nSPS) is 10.2. The lowest BCUT2D eigenvalue weighted by molar-refractivity contribution is 0.0944. The number of carbonyl (C=O) groups is 1. The topological polar surface area (TPSA) is 38.3 Å². The number of ether oxygens (including phenoxy) is 1. The maximum Gasteiger partial charge on any atom is 0.251 e. The lowest BCUT2D eigenvalue weighted by Crippen LogP contribution is -2.25. The fraction of sp³-hybridized carbons (Fsp3) is 0.417. The van der Waals surface area contributed by atoms with Crippen molar-refractivity contribution in [2.75, 3.05) is 25.6 Å². The summed E-state index contributed by atoms with van der Waals surface area (Å²) in [5.74, 6) is 0.445. The first kappa shape index (κ1) is 14.5. The second kappa shape index (κ2) is 8.50. The molecule has 1 rings (SSSR count). The number of benzene rings is 1. The van der Waals surface area contributed by atoms with Crippen molar-refractivity contribution in [2.24, 2.45) is 0 Å². The van der Waals surface area contributed by atoms with Gasteiger partial charge < -0.3 is 10.1 Å². The summed E-state index contributed by atoms with van der Waals surface area (Å²) >= 11 is 8.78. The summed E-state index contributed by atoms with van der Waals surface area (Å²) in [7, 11) is 0. The molecule has 0 saturated carbocycles. The summed E-state index contributed by atoms with van der Waals surface area (Å²) in [4.78, 5) is 11.7. The maximum atomic E-state index is 11.7. The van der Waals surface area contributed by atoms with Gasteiger partial charge in [-0.2, -0.15) is 0 Å². The Morgan fingerprint density at radius 3 is 2.65 bits per heavy atom. The second-order valence-electron chi connectivity index (χ2n) is 3.42. The van der Waals surface area contributed by atoms with Crippen LogP contribution in [0.4, 0.5) is 0 Å². The molecule has 0 spiro atoms. The number of alkyl halides is 1. The van der Waals surface area contributed by atoms with E-state index in [0.29, 0.717) is 31.2 Å². The van der Waals surface area contributed by atoms with Crippen LogP contribution in [0.15, 0.2) is 28.7 Å². The summed E-state index contributed by atoms with van der Waals surface area (Å²) in [6.07, 6.45) is 0.791. The molecule has 0 aliphatic carbocycles. The van der Waals surface area contributed by atoms with Crippen LogP contribution in [-0.4, -0.2) is 31.5 Å². The highest BCUT2D eigenvalue weighted by Gasteiger charge is 2.03. The summed E-state index contributed by atoms with van der Waals surface area (Å²) in [5, 5.41) is 2.83. The van der Waals surface area contributed by atoms with E-state index in [4.69, 9.17) is 16.3 Å². The molecule has 5 heteroatoms. The fourth-order valence-corrected chi connectivity index (χ4v) is 1.61. The first-order valence-corrected chi connectivity index (χ1v) is 6.74. The Balaban J connectivity index is 2.19. The Labute approximate surface area is 115 Å². The molecular formula is C12H15BrClNO2. The van der Waals surface area contributed by atoms with Gasteiger partial charge in [0.1, 0.15) is 0 Å². The standard InChI is InChI=1S/C12H15BrClNO2/c13-11-4-2-10(3-5-11)12(16)15-7-1-8-17-9-6-14/h2-5H,1,6-9H2,(H,15,16). The molecule has 3 nitrogen and oxygen atoms in total. The molecule has 0 saturated heterocycles. The zero-order valence-electron chi connectivity index (χ0n) is 9.42. The van der Waals surface area contributed by atoms with Gasteiger partial charge in [-0.25, -0.2) is 0 Å². The Morgan fingerprint density at radius 1 is 1.29 bits per heavy atom. The zero-order chi connectivity index (χ0) is 12.5. The van der Waals surface area contributed by atoms with Crippen LogP contribution in [0.3, 0.4) is 0 Å². The number of rotatable bonds is 7. The lowest BCUT2D eigenvalue weighted by atomic mass is 10.2. The molecule has 0 atom stereocenters. The molecule has 17 heavy (non-hydrogen) atoms. The van der Waals surface area contributed by atoms with Crippen molar-refractivity contribution in [3.8, 4) is 0 Å². The first-order chi connectivity index (χ1) is 8.24. The molecule has 0 aliphatic heterocycles. The Bertz CT molecular complexity index is 343. The van der Waals surface area contributed by atoms with Gasteiger partial charge >= 0.3 is 0 Å². The summed E-state index contributed by atoms with van der Waals surface area (Å²) < 4.78 is 6.16. The highest BCUT2D eigenvalue weighted by Crippen LogP contribution is 2.10. The van der Waals surface area contributed by atoms with Crippen LogP contribution < -0.4 is 5.32 Å². The molecule has 0 unspecified atom stereocenters. The van der Waals surface area contributed by atoms with Gasteiger partial charge in [0.2, 0.25) is 0 Å². The number of halogens is 2. The van der Waals surface area contributed by atoms with Crippen LogP contribution in [-0.2, 0) is 4.74 Å². The van der Waals surface area contributed by atoms with Gasteiger partial charge in [0.25, 0.3) is 5.91 Å². The first-order valence-electron chi connectivity index (χ1n) is 5.41. The highest BCUT2D eigenvalue weighted by atomic mass is 79.9. The molecule has 1 aromatic rings. The summed E-state index contributed by atoms with van der Waals surface area (Å²) in [5.41, 5.74) is 0.662. The summed E-state index contributed by atoms with van der Waals surface area (Å²) in [6.45, 7) is 1.78. The van der Waals surface area contributed by atoms with Gasteiger partial charge in [-0.15, -0.1) is 11.6 Å². The molecule has 1 aromatic carbocycles. The minimum absolute atomic E-state index is 0.0603. The third kappa shape index (κ3) is 6.05. The number of amides is 1. The molecule has 0 heterocycles.